The summed E-state index contributed by atoms with van der Waals surface area (Å²) in [6.07, 6.45) is 0.183. The first-order valence-corrected chi connectivity index (χ1v) is 5.56. The molecular weight excluding hydrogens is 230 g/mol. The normalized spacial score (nSPS) is 23.8. The minimum absolute atomic E-state index is 0.337. The fourth-order valence-electron chi connectivity index (χ4n) is 2.40. The van der Waals surface area contributed by atoms with Crippen molar-refractivity contribution in [2.75, 3.05) is 0 Å². The molecule has 1 aliphatic rings. The van der Waals surface area contributed by atoms with Gasteiger partial charge in [0.15, 0.2) is 0 Å². The first-order chi connectivity index (χ1) is 7.99. The van der Waals surface area contributed by atoms with E-state index in [4.69, 9.17) is 5.11 Å². The van der Waals surface area contributed by atoms with E-state index in [2.05, 4.69) is 12.0 Å². The van der Waals surface area contributed by atoms with Crippen LogP contribution in [0.2, 0.25) is 0 Å². The van der Waals surface area contributed by atoms with Crippen LogP contribution in [0.5, 0.6) is 0 Å². The Hall–Kier alpha value is -1.46. The molecule has 0 bridgehead atoms. The van der Waals surface area contributed by atoms with E-state index in [1.807, 2.05) is 0 Å². The summed E-state index contributed by atoms with van der Waals surface area (Å²) in [6.45, 7) is 2.49. The van der Waals surface area contributed by atoms with Crippen LogP contribution in [0.15, 0.2) is 6.20 Å². The highest BCUT2D eigenvalue weighted by Gasteiger charge is 2.29. The number of nitrogens with zero attached hydrogens (tertiary/aromatic N) is 2. The number of rotatable bonds is 4. The van der Waals surface area contributed by atoms with Crippen molar-refractivity contribution in [2.24, 2.45) is 11.8 Å². The van der Waals surface area contributed by atoms with Crippen molar-refractivity contribution in [1.82, 2.24) is 9.78 Å². The fourth-order valence-corrected chi connectivity index (χ4v) is 2.40. The zero-order valence-corrected chi connectivity index (χ0v) is 9.44. The van der Waals surface area contributed by atoms with E-state index < -0.39 is 23.7 Å². The van der Waals surface area contributed by atoms with Gasteiger partial charge >= 0.3 is 5.97 Å². The summed E-state index contributed by atoms with van der Waals surface area (Å²) in [5.74, 6) is -0.387. The molecule has 17 heavy (non-hydrogen) atoms. The molecule has 6 heteroatoms. The number of alkyl halides is 2. The fraction of sp³-hybridized carbons (Fsp3) is 0.636. The molecule has 0 aliphatic heterocycles. The van der Waals surface area contributed by atoms with Gasteiger partial charge in [-0.25, -0.2) is 13.6 Å². The monoisotopic (exact) mass is 244 g/mol. The maximum atomic E-state index is 12.8. The molecule has 2 rings (SSSR count). The highest BCUT2D eigenvalue weighted by molar-refractivity contribution is 5.88. The molecule has 94 valence electrons. The van der Waals surface area contributed by atoms with Crippen molar-refractivity contribution in [2.45, 2.75) is 32.7 Å². The molecule has 1 aromatic heterocycles. The molecule has 4 nitrogen and oxygen atoms in total. The highest BCUT2D eigenvalue weighted by Crippen LogP contribution is 2.35. The zero-order valence-electron chi connectivity index (χ0n) is 9.44. The van der Waals surface area contributed by atoms with E-state index in [1.165, 1.54) is 0 Å². The smallest absolute Gasteiger partial charge is 0.339 e. The van der Waals surface area contributed by atoms with Crippen molar-refractivity contribution >= 4 is 5.97 Å². The Kier molecular flexibility index (Phi) is 3.13. The third-order valence-electron chi connectivity index (χ3n) is 3.22. The van der Waals surface area contributed by atoms with Crippen LogP contribution in [0.1, 0.15) is 42.2 Å². The van der Waals surface area contributed by atoms with Crippen LogP contribution in [0.4, 0.5) is 8.78 Å². The topological polar surface area (TPSA) is 55.1 Å². The molecule has 1 fully saturated rings. The molecule has 1 saturated carbocycles. The quantitative estimate of drug-likeness (QED) is 0.885. The predicted molar refractivity (Wildman–Crippen MR) is 56.0 cm³/mol. The molecule has 1 aliphatic carbocycles. The van der Waals surface area contributed by atoms with Crippen LogP contribution in [-0.4, -0.2) is 20.9 Å². The maximum absolute atomic E-state index is 12.8. The molecular formula is C11H14F2N2O2. The van der Waals surface area contributed by atoms with Crippen LogP contribution in [0.3, 0.4) is 0 Å². The summed E-state index contributed by atoms with van der Waals surface area (Å²) in [7, 11) is 0. The number of carboxylic acid groups (broad SMARTS) is 1. The van der Waals surface area contributed by atoms with Gasteiger partial charge in [0.1, 0.15) is 11.3 Å². The van der Waals surface area contributed by atoms with E-state index >= 15 is 0 Å². The maximum Gasteiger partial charge on any atom is 0.339 e. The lowest BCUT2D eigenvalue weighted by atomic mass is 9.76. The van der Waals surface area contributed by atoms with E-state index in [0.717, 1.165) is 23.7 Å². The van der Waals surface area contributed by atoms with Gasteiger partial charge in [-0.15, -0.1) is 0 Å². The third kappa shape index (κ3) is 2.30. The summed E-state index contributed by atoms with van der Waals surface area (Å²) in [6, 6.07) is 0. The molecule has 0 amide bonds. The highest BCUT2D eigenvalue weighted by atomic mass is 19.3. The van der Waals surface area contributed by atoms with E-state index in [1.54, 1.807) is 0 Å². The first kappa shape index (κ1) is 12.0. The number of halogens is 2. The largest absolute Gasteiger partial charge is 0.478 e. The summed E-state index contributed by atoms with van der Waals surface area (Å²) < 4.78 is 26.8. The molecule has 1 aromatic rings. The summed E-state index contributed by atoms with van der Waals surface area (Å²) in [5, 5.41) is 12.5. The number of carboxylic acids is 1. The van der Waals surface area contributed by atoms with Gasteiger partial charge in [-0.05, 0) is 24.7 Å². The van der Waals surface area contributed by atoms with E-state index in [-0.39, 0.29) is 0 Å². The SMILES string of the molecule is CC1CC(Cn2ncc(C(=O)O)c2C(F)F)C1. The predicted octanol–water partition coefficient (Wildman–Crippen LogP) is 2.57. The van der Waals surface area contributed by atoms with Gasteiger partial charge in [-0.1, -0.05) is 6.92 Å². The van der Waals surface area contributed by atoms with Crippen molar-refractivity contribution in [3.8, 4) is 0 Å². The Morgan fingerprint density at radius 1 is 1.65 bits per heavy atom. The third-order valence-corrected chi connectivity index (χ3v) is 3.22. The molecule has 0 atom stereocenters. The second kappa shape index (κ2) is 4.43. The van der Waals surface area contributed by atoms with Gasteiger partial charge in [0, 0.05) is 6.54 Å². The molecule has 0 spiro atoms. The summed E-state index contributed by atoms with van der Waals surface area (Å²) in [5.41, 5.74) is -0.871. The average Bonchev–Trinajstić information content (AvgIpc) is 2.59. The van der Waals surface area contributed by atoms with E-state index in [0.29, 0.717) is 18.4 Å². The van der Waals surface area contributed by atoms with Crippen molar-refractivity contribution in [1.29, 1.82) is 0 Å². The van der Waals surface area contributed by atoms with Crippen molar-refractivity contribution < 1.29 is 18.7 Å². The number of aromatic nitrogens is 2. The lowest BCUT2D eigenvalue weighted by molar-refractivity contribution is 0.0680. The Bertz CT molecular complexity index is 425. The van der Waals surface area contributed by atoms with Crippen LogP contribution in [0.25, 0.3) is 0 Å². The average molecular weight is 244 g/mol. The second-order valence-corrected chi connectivity index (χ2v) is 4.67. The standard InChI is InChI=1S/C11H14F2N2O2/c1-6-2-7(3-6)5-15-9(10(12)13)8(4-14-15)11(16)17/h4,6-7,10H,2-3,5H2,1H3,(H,16,17). The zero-order chi connectivity index (χ0) is 12.6. The van der Waals surface area contributed by atoms with Gasteiger partial charge in [0.25, 0.3) is 6.43 Å². The number of aromatic carboxylic acids is 1. The Labute approximate surface area is 97.2 Å². The lowest BCUT2D eigenvalue weighted by Crippen LogP contribution is -2.26. The van der Waals surface area contributed by atoms with Gasteiger partial charge in [-0.2, -0.15) is 5.10 Å². The van der Waals surface area contributed by atoms with Crippen molar-refractivity contribution in [3.63, 3.8) is 0 Å². The number of carbonyl (C=O) groups is 1. The van der Waals surface area contributed by atoms with Gasteiger partial charge in [-0.3, -0.25) is 4.68 Å². The van der Waals surface area contributed by atoms with Crippen LogP contribution >= 0.6 is 0 Å². The summed E-state index contributed by atoms with van der Waals surface area (Å²) >= 11 is 0. The number of hydrogen-bond donors (Lipinski definition) is 1. The first-order valence-electron chi connectivity index (χ1n) is 5.56. The van der Waals surface area contributed by atoms with Crippen LogP contribution in [-0.2, 0) is 6.54 Å². The molecule has 1 heterocycles. The Morgan fingerprint density at radius 3 is 2.76 bits per heavy atom. The Balaban J connectivity index is 2.19. The van der Waals surface area contributed by atoms with Crippen LogP contribution in [0, 0.1) is 11.8 Å². The van der Waals surface area contributed by atoms with Gasteiger partial charge in [0.05, 0.1) is 6.20 Å². The molecule has 0 saturated heterocycles. The molecule has 0 unspecified atom stereocenters. The molecule has 0 aromatic carbocycles. The van der Waals surface area contributed by atoms with Gasteiger partial charge in [0.2, 0.25) is 0 Å². The van der Waals surface area contributed by atoms with E-state index in [9.17, 15) is 13.6 Å². The number of hydrogen-bond acceptors (Lipinski definition) is 2. The summed E-state index contributed by atoms with van der Waals surface area (Å²) in [4.78, 5) is 10.8. The molecule has 1 N–H and O–H groups in total. The van der Waals surface area contributed by atoms with Crippen LogP contribution < -0.4 is 0 Å². The minimum Gasteiger partial charge on any atom is -0.478 e. The Morgan fingerprint density at radius 2 is 2.29 bits per heavy atom. The lowest BCUT2D eigenvalue weighted by Gasteiger charge is -2.32. The van der Waals surface area contributed by atoms with Crippen molar-refractivity contribution in [3.05, 3.63) is 17.5 Å². The van der Waals surface area contributed by atoms with Gasteiger partial charge < -0.3 is 5.11 Å². The molecule has 0 radical (unpaired) electrons. The minimum atomic E-state index is -2.80. The second-order valence-electron chi connectivity index (χ2n) is 4.67.